The number of carbonyl (C=O) groups excluding carboxylic acids is 1. The maximum Gasteiger partial charge on any atom is 0.297 e. The van der Waals surface area contributed by atoms with Crippen molar-refractivity contribution in [2.24, 2.45) is 0 Å². The number of pyridine rings is 1. The topological polar surface area (TPSA) is 74.0 Å². The monoisotopic (exact) mass is 367 g/mol. The first-order valence-corrected chi connectivity index (χ1v) is 8.54. The van der Waals surface area contributed by atoms with E-state index in [4.69, 9.17) is 0 Å². The maximum atomic E-state index is 13.0. The normalized spacial score (nSPS) is 19.5. The summed E-state index contributed by atoms with van der Waals surface area (Å²) in [6, 6.07) is 3.18. The molecule has 0 aliphatic carbocycles. The van der Waals surface area contributed by atoms with Gasteiger partial charge < -0.3 is 10.0 Å². The highest BCUT2D eigenvalue weighted by atomic mass is 19.3. The van der Waals surface area contributed by atoms with Gasteiger partial charge in [-0.25, -0.2) is 8.78 Å². The van der Waals surface area contributed by atoms with Crippen LogP contribution in [-0.2, 0) is 0 Å². The van der Waals surface area contributed by atoms with Crippen LogP contribution in [0.2, 0.25) is 0 Å². The molecule has 0 radical (unpaired) electrons. The molecule has 1 amide bonds. The molecule has 1 N–H and O–H groups in total. The van der Waals surface area contributed by atoms with Gasteiger partial charge in [0, 0.05) is 38.4 Å². The van der Waals surface area contributed by atoms with Crippen LogP contribution >= 0.6 is 0 Å². The lowest BCUT2D eigenvalue weighted by Gasteiger charge is -2.42. The molecular weight excluding hydrogens is 344 g/mol. The van der Waals surface area contributed by atoms with Gasteiger partial charge in [0.05, 0.1) is 11.2 Å². The molecule has 1 atom stereocenters. The van der Waals surface area contributed by atoms with Gasteiger partial charge >= 0.3 is 0 Å². The van der Waals surface area contributed by atoms with E-state index in [1.54, 1.807) is 24.8 Å². The number of amides is 1. The smallest absolute Gasteiger partial charge is 0.297 e. The van der Waals surface area contributed by atoms with Crippen molar-refractivity contribution in [1.82, 2.24) is 24.4 Å². The second kappa shape index (κ2) is 6.88. The molecule has 9 heteroatoms. The molecule has 1 aliphatic heterocycles. The minimum absolute atomic E-state index is 0.0920. The van der Waals surface area contributed by atoms with Crippen LogP contribution < -0.4 is 0 Å². The van der Waals surface area contributed by atoms with Crippen molar-refractivity contribution >= 4 is 11.6 Å². The molecular formula is C17H23F2N5O2. The van der Waals surface area contributed by atoms with Gasteiger partial charge in [-0.3, -0.25) is 14.1 Å². The SMILES string of the molecule is C[C@H]1CN(C(=O)c2ccc3nnc(C(F)F)n3c2)CCN1CC(C)(C)O. The van der Waals surface area contributed by atoms with Crippen molar-refractivity contribution in [2.45, 2.75) is 38.8 Å². The summed E-state index contributed by atoms with van der Waals surface area (Å²) in [6.45, 7) is 7.72. The van der Waals surface area contributed by atoms with Gasteiger partial charge in [-0.05, 0) is 32.9 Å². The third-order valence-corrected chi connectivity index (χ3v) is 4.51. The zero-order valence-electron chi connectivity index (χ0n) is 15.1. The third-order valence-electron chi connectivity index (χ3n) is 4.51. The number of carbonyl (C=O) groups is 1. The lowest BCUT2D eigenvalue weighted by atomic mass is 10.1. The predicted molar refractivity (Wildman–Crippen MR) is 91.2 cm³/mol. The van der Waals surface area contributed by atoms with Crippen LogP contribution in [0.1, 0.15) is 43.4 Å². The summed E-state index contributed by atoms with van der Waals surface area (Å²) in [5.74, 6) is -0.686. The lowest BCUT2D eigenvalue weighted by molar-refractivity contribution is -0.00145. The molecule has 7 nitrogen and oxygen atoms in total. The van der Waals surface area contributed by atoms with Crippen molar-refractivity contribution < 1.29 is 18.7 Å². The second-order valence-electron chi connectivity index (χ2n) is 7.39. The molecule has 1 aliphatic rings. The van der Waals surface area contributed by atoms with Crippen molar-refractivity contribution in [3.63, 3.8) is 0 Å². The number of hydrogen-bond acceptors (Lipinski definition) is 5. The molecule has 3 rings (SSSR count). The Kier molecular flexibility index (Phi) is 4.94. The number of halogens is 2. The van der Waals surface area contributed by atoms with Crippen LogP contribution in [-0.4, -0.2) is 73.2 Å². The highest BCUT2D eigenvalue weighted by molar-refractivity contribution is 5.94. The summed E-state index contributed by atoms with van der Waals surface area (Å²) in [7, 11) is 0. The average molecular weight is 367 g/mol. The van der Waals surface area contributed by atoms with Gasteiger partial charge in [0.1, 0.15) is 0 Å². The molecule has 2 aromatic heterocycles. The molecule has 142 valence electrons. The summed E-state index contributed by atoms with van der Waals surface area (Å²) in [5, 5.41) is 17.2. The number of aliphatic hydroxyl groups is 1. The van der Waals surface area contributed by atoms with Gasteiger partial charge in [-0.2, -0.15) is 0 Å². The van der Waals surface area contributed by atoms with E-state index in [2.05, 4.69) is 15.1 Å². The maximum absolute atomic E-state index is 13.0. The Labute approximate surface area is 150 Å². The summed E-state index contributed by atoms with van der Waals surface area (Å²) in [4.78, 5) is 16.6. The van der Waals surface area contributed by atoms with Gasteiger partial charge in [0.15, 0.2) is 5.65 Å². The molecule has 1 saturated heterocycles. The van der Waals surface area contributed by atoms with Crippen molar-refractivity contribution in [2.75, 3.05) is 26.2 Å². The first-order valence-electron chi connectivity index (χ1n) is 8.54. The van der Waals surface area contributed by atoms with E-state index in [-0.39, 0.29) is 17.6 Å². The van der Waals surface area contributed by atoms with Crippen molar-refractivity contribution in [3.05, 3.63) is 29.7 Å². The van der Waals surface area contributed by atoms with Crippen LogP contribution in [0, 0.1) is 0 Å². The van der Waals surface area contributed by atoms with Crippen LogP contribution in [0.3, 0.4) is 0 Å². The third kappa shape index (κ3) is 3.83. The standard InChI is InChI=1S/C17H23F2N5O2/c1-11-8-22(6-7-23(11)10-17(2,3)26)16(25)12-4-5-13-20-21-15(14(18)19)24(13)9-12/h4-5,9,11,14,26H,6-8,10H2,1-3H3/t11-/m0/s1. The highest BCUT2D eigenvalue weighted by Crippen LogP contribution is 2.20. The quantitative estimate of drug-likeness (QED) is 0.888. The van der Waals surface area contributed by atoms with Crippen molar-refractivity contribution in [3.8, 4) is 0 Å². The van der Waals surface area contributed by atoms with E-state index >= 15 is 0 Å². The fourth-order valence-corrected chi connectivity index (χ4v) is 3.28. The number of piperazine rings is 1. The number of β-amino-alcohol motifs (C(OH)–C–C–N with tert-alkyl or cyclic N) is 1. The Balaban J connectivity index is 1.76. The summed E-state index contributed by atoms with van der Waals surface area (Å²) in [6.07, 6.45) is -1.40. The molecule has 3 heterocycles. The molecule has 26 heavy (non-hydrogen) atoms. The number of alkyl halides is 2. The van der Waals surface area contributed by atoms with Crippen LogP contribution in [0.25, 0.3) is 5.65 Å². The Hall–Kier alpha value is -2.13. The van der Waals surface area contributed by atoms with Crippen LogP contribution in [0.15, 0.2) is 18.3 Å². The molecule has 0 saturated carbocycles. The van der Waals surface area contributed by atoms with E-state index in [0.717, 1.165) is 4.40 Å². The summed E-state index contributed by atoms with van der Waals surface area (Å²) < 4.78 is 27.2. The van der Waals surface area contributed by atoms with Gasteiger partial charge in [0.2, 0.25) is 5.82 Å². The van der Waals surface area contributed by atoms with E-state index in [9.17, 15) is 18.7 Å². The van der Waals surface area contributed by atoms with E-state index < -0.39 is 17.9 Å². The van der Waals surface area contributed by atoms with E-state index in [0.29, 0.717) is 31.7 Å². The first-order chi connectivity index (χ1) is 12.2. The van der Waals surface area contributed by atoms with E-state index in [1.807, 2.05) is 6.92 Å². The summed E-state index contributed by atoms with van der Waals surface area (Å²) >= 11 is 0. The number of fused-ring (bicyclic) bond motifs is 1. The predicted octanol–water partition coefficient (Wildman–Crippen LogP) is 1.58. The summed E-state index contributed by atoms with van der Waals surface area (Å²) in [5.41, 5.74) is -0.200. The minimum Gasteiger partial charge on any atom is -0.389 e. The number of nitrogens with zero attached hydrogens (tertiary/aromatic N) is 5. The second-order valence-corrected chi connectivity index (χ2v) is 7.39. The number of hydrogen-bond donors (Lipinski definition) is 1. The fourth-order valence-electron chi connectivity index (χ4n) is 3.28. The lowest BCUT2D eigenvalue weighted by Crippen LogP contribution is -2.56. The van der Waals surface area contributed by atoms with Crippen molar-refractivity contribution in [1.29, 1.82) is 0 Å². The zero-order valence-corrected chi connectivity index (χ0v) is 15.1. The Bertz CT molecular complexity index is 802. The highest BCUT2D eigenvalue weighted by Gasteiger charge is 2.30. The van der Waals surface area contributed by atoms with Crippen LogP contribution in [0.4, 0.5) is 8.78 Å². The average Bonchev–Trinajstić information content (AvgIpc) is 2.98. The first kappa shape index (κ1) is 18.7. The zero-order chi connectivity index (χ0) is 19.1. The Morgan fingerprint density at radius 2 is 2.08 bits per heavy atom. The largest absolute Gasteiger partial charge is 0.389 e. The van der Waals surface area contributed by atoms with Gasteiger partial charge in [-0.15, -0.1) is 10.2 Å². The molecule has 0 bridgehead atoms. The Morgan fingerprint density at radius 3 is 2.69 bits per heavy atom. The van der Waals surface area contributed by atoms with E-state index in [1.165, 1.54) is 12.3 Å². The molecule has 0 aromatic carbocycles. The fraction of sp³-hybridized carbons (Fsp3) is 0.588. The van der Waals surface area contributed by atoms with Gasteiger partial charge in [0.25, 0.3) is 12.3 Å². The number of aromatic nitrogens is 3. The molecule has 0 unspecified atom stereocenters. The molecule has 0 spiro atoms. The van der Waals surface area contributed by atoms with Crippen LogP contribution in [0.5, 0.6) is 0 Å². The number of rotatable bonds is 4. The molecule has 2 aromatic rings. The minimum atomic E-state index is -2.76. The Morgan fingerprint density at radius 1 is 1.35 bits per heavy atom. The molecule has 1 fully saturated rings. The van der Waals surface area contributed by atoms with Gasteiger partial charge in [-0.1, -0.05) is 0 Å².